The van der Waals surface area contributed by atoms with Crippen LogP contribution >= 0.6 is 0 Å². The first-order valence-electron chi connectivity index (χ1n) is 11.0. The van der Waals surface area contributed by atoms with Crippen LogP contribution in [0.15, 0.2) is 47.1 Å². The molecule has 0 spiro atoms. The summed E-state index contributed by atoms with van der Waals surface area (Å²) in [5.41, 5.74) is 1.93. The van der Waals surface area contributed by atoms with Crippen molar-refractivity contribution in [2.75, 3.05) is 26.2 Å². The van der Waals surface area contributed by atoms with E-state index in [1.807, 2.05) is 6.07 Å². The third-order valence-electron chi connectivity index (χ3n) is 6.35. The quantitative estimate of drug-likeness (QED) is 0.824. The van der Waals surface area contributed by atoms with Gasteiger partial charge in [0.1, 0.15) is 5.76 Å². The monoisotopic (exact) mass is 409 g/mol. The van der Waals surface area contributed by atoms with E-state index in [-0.39, 0.29) is 23.8 Å². The Morgan fingerprint density at radius 1 is 1.07 bits per heavy atom. The number of carbonyl (C=O) groups excluding carboxylic acids is 2. The Morgan fingerprint density at radius 3 is 2.53 bits per heavy atom. The predicted octanol–water partition coefficient (Wildman–Crippen LogP) is 3.22. The summed E-state index contributed by atoms with van der Waals surface area (Å²) in [4.78, 5) is 29.9. The fourth-order valence-corrected chi connectivity index (χ4v) is 4.55. The third kappa shape index (κ3) is 4.93. The summed E-state index contributed by atoms with van der Waals surface area (Å²) in [6.07, 6.45) is 5.19. The Hall–Kier alpha value is -2.60. The molecule has 1 N–H and O–H groups in total. The van der Waals surface area contributed by atoms with Gasteiger partial charge in [-0.3, -0.25) is 14.5 Å². The summed E-state index contributed by atoms with van der Waals surface area (Å²) in [5, 5.41) is 3.26. The molecule has 0 saturated carbocycles. The first-order chi connectivity index (χ1) is 14.6. The maximum Gasteiger partial charge on any atom is 0.257 e. The van der Waals surface area contributed by atoms with Gasteiger partial charge in [-0.05, 0) is 44.2 Å². The van der Waals surface area contributed by atoms with Crippen LogP contribution in [0.3, 0.4) is 0 Å². The van der Waals surface area contributed by atoms with Crippen LogP contribution in [-0.2, 0) is 11.3 Å². The van der Waals surface area contributed by atoms with Crippen LogP contribution in [0.5, 0.6) is 0 Å². The molecular formula is C24H31N3O3. The summed E-state index contributed by atoms with van der Waals surface area (Å²) in [5.74, 6) is 0.567. The van der Waals surface area contributed by atoms with E-state index in [1.165, 1.54) is 5.56 Å². The summed E-state index contributed by atoms with van der Waals surface area (Å²) in [6.45, 7) is 5.94. The first kappa shape index (κ1) is 20.7. The molecule has 1 aromatic carbocycles. The molecule has 0 aliphatic carbocycles. The lowest BCUT2D eigenvalue weighted by atomic mass is 9.95. The molecule has 6 heteroatoms. The summed E-state index contributed by atoms with van der Waals surface area (Å²) in [6, 6.07) is 12.5. The number of nitrogens with zero attached hydrogens (tertiary/aromatic N) is 2. The number of piperidine rings is 2. The van der Waals surface area contributed by atoms with E-state index in [1.54, 1.807) is 24.2 Å². The molecule has 2 aliphatic rings. The SMILES string of the molecule is Cc1occc1C(=O)N1CCC[C@@H](C(=O)NC2CCN(Cc3ccccc3)CC2)C1. The van der Waals surface area contributed by atoms with Crippen molar-refractivity contribution in [1.29, 1.82) is 0 Å². The van der Waals surface area contributed by atoms with Crippen molar-refractivity contribution in [2.45, 2.75) is 45.2 Å². The van der Waals surface area contributed by atoms with Crippen molar-refractivity contribution >= 4 is 11.8 Å². The van der Waals surface area contributed by atoms with E-state index < -0.39 is 0 Å². The van der Waals surface area contributed by atoms with Crippen molar-refractivity contribution in [2.24, 2.45) is 5.92 Å². The van der Waals surface area contributed by atoms with Gasteiger partial charge < -0.3 is 14.6 Å². The maximum atomic E-state index is 12.9. The lowest BCUT2D eigenvalue weighted by Crippen LogP contribution is -2.50. The van der Waals surface area contributed by atoms with Gasteiger partial charge in [-0.2, -0.15) is 0 Å². The number of hydrogen-bond donors (Lipinski definition) is 1. The number of furan rings is 1. The lowest BCUT2D eigenvalue weighted by Gasteiger charge is -2.35. The van der Waals surface area contributed by atoms with Crippen LogP contribution in [0, 0.1) is 12.8 Å². The average molecular weight is 410 g/mol. The predicted molar refractivity (Wildman–Crippen MR) is 115 cm³/mol. The van der Waals surface area contributed by atoms with Crippen LogP contribution in [-0.4, -0.2) is 53.8 Å². The Morgan fingerprint density at radius 2 is 1.83 bits per heavy atom. The number of nitrogens with one attached hydrogen (secondary N) is 1. The van der Waals surface area contributed by atoms with Gasteiger partial charge in [-0.1, -0.05) is 30.3 Å². The van der Waals surface area contributed by atoms with E-state index in [4.69, 9.17) is 4.42 Å². The van der Waals surface area contributed by atoms with Gasteiger partial charge in [0.05, 0.1) is 17.7 Å². The zero-order valence-corrected chi connectivity index (χ0v) is 17.7. The minimum atomic E-state index is -0.128. The Balaban J connectivity index is 1.25. The second-order valence-electron chi connectivity index (χ2n) is 8.53. The molecule has 1 atom stereocenters. The average Bonchev–Trinajstić information content (AvgIpc) is 3.21. The molecule has 0 bridgehead atoms. The molecule has 30 heavy (non-hydrogen) atoms. The van der Waals surface area contributed by atoms with Gasteiger partial charge >= 0.3 is 0 Å². The second kappa shape index (κ2) is 9.47. The van der Waals surface area contributed by atoms with Crippen molar-refractivity contribution in [3.63, 3.8) is 0 Å². The summed E-state index contributed by atoms with van der Waals surface area (Å²) < 4.78 is 5.27. The number of hydrogen-bond acceptors (Lipinski definition) is 4. The van der Waals surface area contributed by atoms with Gasteiger partial charge in [0, 0.05) is 38.8 Å². The highest BCUT2D eigenvalue weighted by Gasteiger charge is 2.31. The smallest absolute Gasteiger partial charge is 0.257 e. The minimum absolute atomic E-state index is 0.0343. The van der Waals surface area contributed by atoms with Crippen molar-refractivity contribution in [1.82, 2.24) is 15.1 Å². The molecule has 4 rings (SSSR count). The Labute approximate surface area is 178 Å². The minimum Gasteiger partial charge on any atom is -0.469 e. The highest BCUT2D eigenvalue weighted by Crippen LogP contribution is 2.22. The Kier molecular flexibility index (Phi) is 6.53. The van der Waals surface area contributed by atoms with Crippen LogP contribution in [0.4, 0.5) is 0 Å². The number of likely N-dealkylation sites (tertiary alicyclic amines) is 2. The fraction of sp³-hybridized carbons (Fsp3) is 0.500. The van der Waals surface area contributed by atoms with E-state index in [9.17, 15) is 9.59 Å². The molecule has 2 aromatic rings. The van der Waals surface area contributed by atoms with Crippen molar-refractivity contribution < 1.29 is 14.0 Å². The Bertz CT molecular complexity index is 856. The fourth-order valence-electron chi connectivity index (χ4n) is 4.55. The standard InChI is InChI=1S/C24H31N3O3/c1-18-22(11-15-30-18)24(29)27-12-5-8-20(17-27)23(28)25-21-9-13-26(14-10-21)16-19-6-3-2-4-7-19/h2-4,6-7,11,15,20-21H,5,8-10,12-14,16-17H2,1H3,(H,25,28)/t20-/m1/s1. The highest BCUT2D eigenvalue weighted by molar-refractivity contribution is 5.95. The molecule has 3 heterocycles. The van der Waals surface area contributed by atoms with E-state index in [2.05, 4.69) is 34.5 Å². The van der Waals surface area contributed by atoms with Crippen LogP contribution < -0.4 is 5.32 Å². The third-order valence-corrected chi connectivity index (χ3v) is 6.35. The molecule has 2 saturated heterocycles. The number of rotatable bonds is 5. The topological polar surface area (TPSA) is 65.8 Å². The number of aryl methyl sites for hydroxylation is 1. The zero-order chi connectivity index (χ0) is 20.9. The molecule has 160 valence electrons. The lowest BCUT2D eigenvalue weighted by molar-refractivity contribution is -0.127. The van der Waals surface area contributed by atoms with Crippen LogP contribution in [0.25, 0.3) is 0 Å². The molecule has 0 unspecified atom stereocenters. The van der Waals surface area contributed by atoms with E-state index in [0.717, 1.165) is 45.3 Å². The van der Waals surface area contributed by atoms with Crippen molar-refractivity contribution in [3.05, 3.63) is 59.5 Å². The molecule has 6 nitrogen and oxygen atoms in total. The summed E-state index contributed by atoms with van der Waals surface area (Å²) in [7, 11) is 0. The maximum absolute atomic E-state index is 12.9. The zero-order valence-electron chi connectivity index (χ0n) is 17.7. The van der Waals surface area contributed by atoms with Crippen LogP contribution in [0.2, 0.25) is 0 Å². The number of benzene rings is 1. The van der Waals surface area contributed by atoms with Gasteiger partial charge in [0.2, 0.25) is 5.91 Å². The van der Waals surface area contributed by atoms with Crippen molar-refractivity contribution in [3.8, 4) is 0 Å². The number of amides is 2. The molecule has 1 aromatic heterocycles. The van der Waals surface area contributed by atoms with E-state index >= 15 is 0 Å². The van der Waals surface area contributed by atoms with Gasteiger partial charge in [0.15, 0.2) is 0 Å². The largest absolute Gasteiger partial charge is 0.469 e. The highest BCUT2D eigenvalue weighted by atomic mass is 16.3. The molecule has 2 amide bonds. The van der Waals surface area contributed by atoms with Gasteiger partial charge in [0.25, 0.3) is 5.91 Å². The summed E-state index contributed by atoms with van der Waals surface area (Å²) >= 11 is 0. The molecule has 2 aliphatic heterocycles. The van der Waals surface area contributed by atoms with E-state index in [0.29, 0.717) is 24.4 Å². The first-order valence-corrected chi connectivity index (χ1v) is 11.0. The van der Waals surface area contributed by atoms with Gasteiger partial charge in [-0.25, -0.2) is 0 Å². The molecule has 2 fully saturated rings. The van der Waals surface area contributed by atoms with Gasteiger partial charge in [-0.15, -0.1) is 0 Å². The normalized spacial score (nSPS) is 20.8. The number of carbonyl (C=O) groups is 2. The second-order valence-corrected chi connectivity index (χ2v) is 8.53. The molecular weight excluding hydrogens is 378 g/mol. The molecule has 0 radical (unpaired) electrons. The van der Waals surface area contributed by atoms with Crippen LogP contribution in [0.1, 0.15) is 47.4 Å².